The lowest BCUT2D eigenvalue weighted by Crippen LogP contribution is -2.51. The van der Waals surface area contributed by atoms with E-state index in [9.17, 15) is 23.2 Å². The minimum atomic E-state index is -2.65. The van der Waals surface area contributed by atoms with Crippen LogP contribution >= 0.6 is 0 Å². The number of nitrogens with zero attached hydrogens (tertiary/aromatic N) is 2. The fourth-order valence-corrected chi connectivity index (χ4v) is 5.74. The van der Waals surface area contributed by atoms with Crippen LogP contribution in [0.25, 0.3) is 0 Å². The average molecular weight is 542 g/mol. The van der Waals surface area contributed by atoms with Gasteiger partial charge in [0.05, 0.1) is 19.2 Å². The number of alkyl halides is 2. The minimum absolute atomic E-state index is 0.0948. The monoisotopic (exact) mass is 541 g/mol. The maximum Gasteiger partial charge on any atom is 0.337 e. The largest absolute Gasteiger partial charge is 0.489 e. The van der Waals surface area contributed by atoms with Gasteiger partial charge in [0.25, 0.3) is 0 Å². The topological polar surface area (TPSA) is 88.2 Å². The first-order chi connectivity index (χ1) is 18.7. The molecule has 1 N–H and O–H groups in total. The molecule has 3 aliphatic rings. The zero-order chi connectivity index (χ0) is 27.6. The van der Waals surface area contributed by atoms with Gasteiger partial charge in [-0.3, -0.25) is 14.5 Å². The molecule has 2 aliphatic carbocycles. The number of rotatable bonds is 9. The number of hydrogen-bond donors (Lipinski definition) is 1. The second kappa shape index (κ2) is 11.3. The summed E-state index contributed by atoms with van der Waals surface area (Å²) in [4.78, 5) is 40.6. The Morgan fingerprint density at radius 2 is 1.64 bits per heavy atom. The number of methoxy groups -OCH3 is 1. The standard InChI is InChI=1S/C29H33F2N3O5/c1-38-28(37)20-8-6-19(7-9-20)18-39-24-5-3-2-4-21(24)17-33-10-12-34(13-11-33)25(35)16-32-27(36)26-22-14-29(30,31)15-23(22)26/h2-9,22-23,26H,10-18H2,1H3,(H,32,36). The van der Waals surface area contributed by atoms with Crippen molar-refractivity contribution in [1.29, 1.82) is 0 Å². The Kier molecular flexibility index (Phi) is 7.83. The number of carbonyl (C=O) groups is 3. The van der Waals surface area contributed by atoms with Gasteiger partial charge in [0, 0.05) is 57.0 Å². The first-order valence-electron chi connectivity index (χ1n) is 13.3. The quantitative estimate of drug-likeness (QED) is 0.491. The van der Waals surface area contributed by atoms with Gasteiger partial charge in [0.15, 0.2) is 0 Å². The number of esters is 1. The molecule has 1 heterocycles. The van der Waals surface area contributed by atoms with Crippen molar-refractivity contribution in [3.63, 3.8) is 0 Å². The maximum atomic E-state index is 13.3. The molecule has 2 aromatic carbocycles. The molecule has 0 aromatic heterocycles. The van der Waals surface area contributed by atoms with E-state index in [-0.39, 0.29) is 54.9 Å². The van der Waals surface area contributed by atoms with Crippen LogP contribution in [0.3, 0.4) is 0 Å². The smallest absolute Gasteiger partial charge is 0.337 e. The number of piperazine rings is 1. The van der Waals surface area contributed by atoms with Gasteiger partial charge in [-0.1, -0.05) is 30.3 Å². The first-order valence-corrected chi connectivity index (χ1v) is 13.3. The Bertz CT molecular complexity index is 1200. The molecule has 2 aromatic rings. The van der Waals surface area contributed by atoms with Crippen LogP contribution in [0.5, 0.6) is 5.75 Å². The average Bonchev–Trinajstić information content (AvgIpc) is 3.48. The number of nitrogens with one attached hydrogen (secondary N) is 1. The van der Waals surface area contributed by atoms with Crippen LogP contribution in [-0.4, -0.2) is 73.3 Å². The molecule has 2 atom stereocenters. The number of amides is 2. The highest BCUT2D eigenvalue weighted by atomic mass is 19.3. The number of hydrogen-bond acceptors (Lipinski definition) is 6. The summed E-state index contributed by atoms with van der Waals surface area (Å²) in [6.07, 6.45) is -0.437. The summed E-state index contributed by atoms with van der Waals surface area (Å²) in [5.74, 6) is -3.52. The zero-order valence-electron chi connectivity index (χ0n) is 21.9. The van der Waals surface area contributed by atoms with Crippen molar-refractivity contribution in [2.45, 2.75) is 31.9 Å². The molecule has 0 bridgehead atoms. The third kappa shape index (κ3) is 6.38. The second-order valence-electron chi connectivity index (χ2n) is 10.6. The third-order valence-corrected chi connectivity index (χ3v) is 7.98. The van der Waals surface area contributed by atoms with Crippen molar-refractivity contribution >= 4 is 17.8 Å². The van der Waals surface area contributed by atoms with Crippen molar-refractivity contribution in [3.8, 4) is 5.75 Å². The van der Waals surface area contributed by atoms with Crippen molar-refractivity contribution in [2.24, 2.45) is 17.8 Å². The highest BCUT2D eigenvalue weighted by molar-refractivity contribution is 5.89. The van der Waals surface area contributed by atoms with E-state index in [1.807, 2.05) is 36.4 Å². The summed E-state index contributed by atoms with van der Waals surface area (Å²) >= 11 is 0. The number of fused-ring (bicyclic) bond motifs is 1. The Hall–Kier alpha value is -3.53. The number of ether oxygens (including phenoxy) is 2. The fraction of sp³-hybridized carbons (Fsp3) is 0.483. The van der Waals surface area contributed by atoms with E-state index in [0.717, 1.165) is 16.9 Å². The second-order valence-corrected chi connectivity index (χ2v) is 10.6. The molecule has 0 spiro atoms. The SMILES string of the molecule is COC(=O)c1ccc(COc2ccccc2CN2CCN(C(=O)CNC(=O)C3C4CC(F)(F)CC43)CC2)cc1. The molecule has 0 radical (unpaired) electrons. The van der Waals surface area contributed by atoms with Gasteiger partial charge in [0.1, 0.15) is 12.4 Å². The lowest BCUT2D eigenvalue weighted by molar-refractivity contribution is -0.135. The van der Waals surface area contributed by atoms with Crippen molar-refractivity contribution < 1.29 is 32.6 Å². The van der Waals surface area contributed by atoms with Crippen LogP contribution in [0.15, 0.2) is 48.5 Å². The zero-order valence-corrected chi connectivity index (χ0v) is 21.9. The molecule has 208 valence electrons. The first kappa shape index (κ1) is 27.1. The summed E-state index contributed by atoms with van der Waals surface area (Å²) in [6.45, 7) is 3.40. The van der Waals surface area contributed by atoms with Crippen LogP contribution < -0.4 is 10.1 Å². The number of benzene rings is 2. The van der Waals surface area contributed by atoms with Crippen LogP contribution in [-0.2, 0) is 27.5 Å². The predicted octanol–water partition coefficient (Wildman–Crippen LogP) is 3.10. The summed E-state index contributed by atoms with van der Waals surface area (Å²) in [5.41, 5.74) is 2.45. The molecule has 2 amide bonds. The van der Waals surface area contributed by atoms with Gasteiger partial charge in [-0.15, -0.1) is 0 Å². The van der Waals surface area contributed by atoms with Gasteiger partial charge < -0.3 is 19.7 Å². The Balaban J connectivity index is 1.05. The van der Waals surface area contributed by atoms with Crippen LogP contribution in [0, 0.1) is 17.8 Å². The molecule has 3 fully saturated rings. The normalized spacial score (nSPS) is 23.6. The van der Waals surface area contributed by atoms with Gasteiger partial charge in [0.2, 0.25) is 17.7 Å². The van der Waals surface area contributed by atoms with Gasteiger partial charge in [-0.05, 0) is 35.6 Å². The molecule has 8 nitrogen and oxygen atoms in total. The Morgan fingerprint density at radius 1 is 0.974 bits per heavy atom. The number of halogens is 2. The van der Waals surface area contributed by atoms with Crippen molar-refractivity contribution in [2.75, 3.05) is 39.8 Å². The molecule has 2 unspecified atom stereocenters. The fourth-order valence-electron chi connectivity index (χ4n) is 5.74. The highest BCUT2D eigenvalue weighted by Crippen LogP contribution is 2.62. The predicted molar refractivity (Wildman–Crippen MR) is 138 cm³/mol. The van der Waals surface area contributed by atoms with E-state index < -0.39 is 5.92 Å². The Morgan fingerprint density at radius 3 is 2.31 bits per heavy atom. The molecular formula is C29H33F2N3O5. The van der Waals surface area contributed by atoms with E-state index in [4.69, 9.17) is 9.47 Å². The van der Waals surface area contributed by atoms with Crippen LogP contribution in [0.1, 0.15) is 34.3 Å². The highest BCUT2D eigenvalue weighted by Gasteiger charge is 2.65. The summed E-state index contributed by atoms with van der Waals surface area (Å²) in [5, 5.41) is 2.67. The molecule has 1 saturated heterocycles. The summed E-state index contributed by atoms with van der Waals surface area (Å²) in [6, 6.07) is 14.9. The van der Waals surface area contributed by atoms with E-state index in [2.05, 4.69) is 10.2 Å². The lowest BCUT2D eigenvalue weighted by atomic mass is 10.1. The van der Waals surface area contributed by atoms with Crippen molar-refractivity contribution in [1.82, 2.24) is 15.1 Å². The van der Waals surface area contributed by atoms with E-state index in [1.165, 1.54) is 7.11 Å². The summed E-state index contributed by atoms with van der Waals surface area (Å²) in [7, 11) is 1.35. The van der Waals surface area contributed by atoms with Crippen molar-refractivity contribution in [3.05, 3.63) is 65.2 Å². The molecule has 2 saturated carbocycles. The molecule has 10 heteroatoms. The molecular weight excluding hydrogens is 508 g/mol. The van der Waals surface area contributed by atoms with Gasteiger partial charge in [-0.2, -0.15) is 0 Å². The minimum Gasteiger partial charge on any atom is -0.489 e. The van der Waals surface area contributed by atoms with Gasteiger partial charge in [-0.25, -0.2) is 13.6 Å². The van der Waals surface area contributed by atoms with Crippen LogP contribution in [0.4, 0.5) is 8.78 Å². The van der Waals surface area contributed by atoms with E-state index in [1.54, 1.807) is 17.0 Å². The molecule has 5 rings (SSSR count). The molecule has 1 aliphatic heterocycles. The number of para-hydroxylation sites is 1. The summed E-state index contributed by atoms with van der Waals surface area (Å²) < 4.78 is 37.5. The lowest BCUT2D eigenvalue weighted by Gasteiger charge is -2.35. The number of carbonyl (C=O) groups excluding carboxylic acids is 3. The Labute approximate surface area is 226 Å². The van der Waals surface area contributed by atoms with E-state index >= 15 is 0 Å². The maximum absolute atomic E-state index is 13.3. The third-order valence-electron chi connectivity index (χ3n) is 7.98. The molecule has 39 heavy (non-hydrogen) atoms. The van der Waals surface area contributed by atoms with Crippen LogP contribution in [0.2, 0.25) is 0 Å². The van der Waals surface area contributed by atoms with Gasteiger partial charge >= 0.3 is 5.97 Å². The van der Waals surface area contributed by atoms with E-state index in [0.29, 0.717) is 44.9 Å².